The molecule has 2 rings (SSSR count). The van der Waals surface area contributed by atoms with Crippen LogP contribution in [0.2, 0.25) is 0 Å². The molecule has 1 aliphatic rings. The highest BCUT2D eigenvalue weighted by atomic mass is 16.1. The Kier molecular flexibility index (Phi) is 3.28. The van der Waals surface area contributed by atoms with Crippen LogP contribution in [0.5, 0.6) is 0 Å². The summed E-state index contributed by atoms with van der Waals surface area (Å²) >= 11 is 0. The highest BCUT2D eigenvalue weighted by Gasteiger charge is 2.21. The van der Waals surface area contributed by atoms with E-state index in [1.807, 2.05) is 12.1 Å². The summed E-state index contributed by atoms with van der Waals surface area (Å²) in [7, 11) is 0. The first-order chi connectivity index (χ1) is 7.74. The van der Waals surface area contributed by atoms with Gasteiger partial charge in [0, 0.05) is 24.3 Å². The lowest BCUT2D eigenvalue weighted by atomic mass is 10.1. The third-order valence-corrected chi connectivity index (χ3v) is 3.56. The van der Waals surface area contributed by atoms with Gasteiger partial charge in [-0.3, -0.25) is 4.79 Å². The van der Waals surface area contributed by atoms with Crippen molar-refractivity contribution in [2.45, 2.75) is 26.7 Å². The van der Waals surface area contributed by atoms with E-state index < -0.39 is 0 Å². The molecule has 1 aromatic rings. The van der Waals surface area contributed by atoms with Gasteiger partial charge in [-0.2, -0.15) is 0 Å². The van der Waals surface area contributed by atoms with E-state index in [1.165, 1.54) is 24.1 Å². The maximum Gasteiger partial charge on any atom is 0.150 e. The van der Waals surface area contributed by atoms with E-state index in [0.29, 0.717) is 0 Å². The molecule has 16 heavy (non-hydrogen) atoms. The number of benzene rings is 1. The molecule has 0 aromatic heterocycles. The molecule has 1 aromatic carbocycles. The maximum absolute atomic E-state index is 10.7. The van der Waals surface area contributed by atoms with Crippen LogP contribution in [0.25, 0.3) is 0 Å². The molecule has 1 atom stereocenters. The van der Waals surface area contributed by atoms with Gasteiger partial charge in [0.15, 0.2) is 0 Å². The van der Waals surface area contributed by atoms with Gasteiger partial charge in [-0.15, -0.1) is 0 Å². The summed E-state index contributed by atoms with van der Waals surface area (Å²) in [5.41, 5.74) is 3.27. The third-order valence-electron chi connectivity index (χ3n) is 3.56. The minimum atomic E-state index is 0.771. The average Bonchev–Trinajstić information content (AvgIpc) is 2.77. The smallest absolute Gasteiger partial charge is 0.150 e. The molecule has 1 heterocycles. The number of carbonyl (C=O) groups is 1. The molecule has 0 aliphatic carbocycles. The summed E-state index contributed by atoms with van der Waals surface area (Å²) in [5.74, 6) is 0.838. The number of aryl methyl sites for hydroxylation is 1. The minimum Gasteiger partial charge on any atom is -0.371 e. The highest BCUT2D eigenvalue weighted by molar-refractivity contribution is 5.77. The monoisotopic (exact) mass is 217 g/mol. The van der Waals surface area contributed by atoms with Crippen LogP contribution < -0.4 is 4.90 Å². The van der Waals surface area contributed by atoms with Crippen molar-refractivity contribution in [3.63, 3.8) is 0 Å². The van der Waals surface area contributed by atoms with E-state index >= 15 is 0 Å². The molecule has 0 radical (unpaired) electrons. The van der Waals surface area contributed by atoms with Gasteiger partial charge < -0.3 is 4.90 Å². The molecule has 2 heteroatoms. The van der Waals surface area contributed by atoms with Crippen LogP contribution in [0, 0.1) is 12.8 Å². The Hall–Kier alpha value is -1.31. The summed E-state index contributed by atoms with van der Waals surface area (Å²) in [6.07, 6.45) is 3.48. The van der Waals surface area contributed by atoms with E-state index in [0.717, 1.165) is 30.9 Å². The van der Waals surface area contributed by atoms with Gasteiger partial charge in [-0.1, -0.05) is 13.3 Å². The number of hydrogen-bond donors (Lipinski definition) is 0. The van der Waals surface area contributed by atoms with Crippen molar-refractivity contribution >= 4 is 12.0 Å². The summed E-state index contributed by atoms with van der Waals surface area (Å²) in [6.45, 7) is 6.66. The van der Waals surface area contributed by atoms with Crippen molar-refractivity contribution in [2.75, 3.05) is 18.0 Å². The van der Waals surface area contributed by atoms with Gasteiger partial charge in [0.25, 0.3) is 0 Å². The molecule has 0 spiro atoms. The van der Waals surface area contributed by atoms with Crippen molar-refractivity contribution in [2.24, 2.45) is 5.92 Å². The third kappa shape index (κ3) is 2.11. The van der Waals surface area contributed by atoms with Gasteiger partial charge in [0.05, 0.1) is 0 Å². The lowest BCUT2D eigenvalue weighted by Gasteiger charge is -2.21. The van der Waals surface area contributed by atoms with Crippen molar-refractivity contribution in [1.82, 2.24) is 0 Å². The normalized spacial score (nSPS) is 20.1. The Morgan fingerprint density at radius 1 is 1.50 bits per heavy atom. The predicted octanol–water partition coefficient (Wildman–Crippen LogP) is 3.04. The molecule has 0 bridgehead atoms. The number of anilines is 1. The Bertz CT molecular complexity index is 386. The van der Waals surface area contributed by atoms with E-state index in [9.17, 15) is 4.79 Å². The fourth-order valence-corrected chi connectivity index (χ4v) is 2.49. The molecule has 1 unspecified atom stereocenters. The van der Waals surface area contributed by atoms with Crippen LogP contribution in [0.1, 0.15) is 35.7 Å². The second-order valence-corrected chi connectivity index (χ2v) is 4.67. The first kappa shape index (κ1) is 11.2. The molecular weight excluding hydrogens is 198 g/mol. The number of carbonyl (C=O) groups excluding carboxylic acids is 1. The molecule has 1 aliphatic heterocycles. The molecule has 0 saturated carbocycles. The average molecular weight is 217 g/mol. The lowest BCUT2D eigenvalue weighted by molar-refractivity contribution is 0.112. The van der Waals surface area contributed by atoms with Gasteiger partial charge in [0.1, 0.15) is 6.29 Å². The second-order valence-electron chi connectivity index (χ2n) is 4.67. The van der Waals surface area contributed by atoms with E-state index in [-0.39, 0.29) is 0 Å². The van der Waals surface area contributed by atoms with Crippen LogP contribution in [0.4, 0.5) is 5.69 Å². The molecule has 1 saturated heterocycles. The second kappa shape index (κ2) is 4.69. The molecule has 0 amide bonds. The summed E-state index contributed by atoms with van der Waals surface area (Å²) < 4.78 is 0. The predicted molar refractivity (Wildman–Crippen MR) is 67.2 cm³/mol. The zero-order valence-corrected chi connectivity index (χ0v) is 10.1. The van der Waals surface area contributed by atoms with Gasteiger partial charge in [-0.25, -0.2) is 0 Å². The van der Waals surface area contributed by atoms with Gasteiger partial charge in [0.2, 0.25) is 0 Å². The summed E-state index contributed by atoms with van der Waals surface area (Å²) in [6, 6.07) is 5.97. The van der Waals surface area contributed by atoms with Crippen LogP contribution >= 0.6 is 0 Å². The zero-order chi connectivity index (χ0) is 11.5. The van der Waals surface area contributed by atoms with Crippen molar-refractivity contribution in [1.29, 1.82) is 0 Å². The van der Waals surface area contributed by atoms with Crippen molar-refractivity contribution in [3.8, 4) is 0 Å². The van der Waals surface area contributed by atoms with Crippen LogP contribution in [-0.4, -0.2) is 19.4 Å². The molecule has 2 nitrogen and oxygen atoms in total. The first-order valence-corrected chi connectivity index (χ1v) is 6.05. The fourth-order valence-electron chi connectivity index (χ4n) is 2.49. The number of nitrogens with zero attached hydrogens (tertiary/aromatic N) is 1. The Balaban J connectivity index is 2.18. The first-order valence-electron chi connectivity index (χ1n) is 6.05. The topological polar surface area (TPSA) is 20.3 Å². The van der Waals surface area contributed by atoms with Crippen molar-refractivity contribution < 1.29 is 4.79 Å². The Morgan fingerprint density at radius 3 is 2.88 bits per heavy atom. The summed E-state index contributed by atoms with van der Waals surface area (Å²) in [5, 5.41) is 0. The fraction of sp³-hybridized carbons (Fsp3) is 0.500. The van der Waals surface area contributed by atoms with Crippen LogP contribution in [0.3, 0.4) is 0 Å². The number of aldehydes is 1. The van der Waals surface area contributed by atoms with Gasteiger partial charge >= 0.3 is 0 Å². The van der Waals surface area contributed by atoms with Crippen LogP contribution in [-0.2, 0) is 0 Å². The van der Waals surface area contributed by atoms with E-state index in [1.54, 1.807) is 0 Å². The molecule has 1 fully saturated rings. The molecular formula is C14H19NO. The lowest BCUT2D eigenvalue weighted by Crippen LogP contribution is -2.20. The van der Waals surface area contributed by atoms with Crippen molar-refractivity contribution in [3.05, 3.63) is 29.3 Å². The number of rotatable bonds is 3. The molecule has 0 N–H and O–H groups in total. The Labute approximate surface area is 97.3 Å². The highest BCUT2D eigenvalue weighted by Crippen LogP contribution is 2.28. The zero-order valence-electron chi connectivity index (χ0n) is 10.1. The largest absolute Gasteiger partial charge is 0.371 e. The maximum atomic E-state index is 10.7. The number of hydrogen-bond acceptors (Lipinski definition) is 2. The Morgan fingerprint density at radius 2 is 2.31 bits per heavy atom. The van der Waals surface area contributed by atoms with E-state index in [4.69, 9.17) is 0 Å². The minimum absolute atomic E-state index is 0.771. The van der Waals surface area contributed by atoms with E-state index in [2.05, 4.69) is 24.8 Å². The SMILES string of the molecule is CCC1CCN(c2ccc(C=O)cc2C)C1. The van der Waals surface area contributed by atoms with Gasteiger partial charge in [-0.05, 0) is 43.0 Å². The quantitative estimate of drug-likeness (QED) is 0.725. The standard InChI is InChI=1S/C14H19NO/c1-3-12-6-7-15(9-12)14-5-4-13(10-16)8-11(14)2/h4-5,8,10,12H,3,6-7,9H2,1-2H3. The van der Waals surface area contributed by atoms with Crippen LogP contribution in [0.15, 0.2) is 18.2 Å². The molecule has 86 valence electrons. The summed E-state index contributed by atoms with van der Waals surface area (Å²) in [4.78, 5) is 13.1.